The Bertz CT molecular complexity index is 1190. The van der Waals surface area contributed by atoms with Gasteiger partial charge < -0.3 is 24.5 Å². The number of likely N-dealkylation sites (tertiary alicyclic amines) is 1. The van der Waals surface area contributed by atoms with Gasteiger partial charge >= 0.3 is 0 Å². The van der Waals surface area contributed by atoms with E-state index in [1.807, 2.05) is 59.7 Å². The fourth-order valence-corrected chi connectivity index (χ4v) is 7.71. The number of hydrogen-bond acceptors (Lipinski definition) is 5. The number of rotatable bonds is 12. The normalized spacial score (nSPS) is 29.0. The second-order valence-corrected chi connectivity index (χ2v) is 12.5. The van der Waals surface area contributed by atoms with Gasteiger partial charge in [0.15, 0.2) is 0 Å². The van der Waals surface area contributed by atoms with E-state index in [1.54, 1.807) is 26.9 Å². The molecule has 41 heavy (non-hydrogen) atoms. The lowest BCUT2D eigenvalue weighted by Crippen LogP contribution is -2.60. The summed E-state index contributed by atoms with van der Waals surface area (Å²) in [5.41, 5.74) is 0.603. The SMILES string of the molecule is C=CCN(CCC)C(=O)[C@@H]1[C@H]2C(=O)N([C@@H](CO)C(C)C)C(C(=O)N(CC=C)c3c(C)cccc3C)C23CC[C@@]1(C)O3. The van der Waals surface area contributed by atoms with Gasteiger partial charge in [-0.2, -0.15) is 0 Å². The van der Waals surface area contributed by atoms with Crippen LogP contribution in [0.1, 0.15) is 58.1 Å². The van der Waals surface area contributed by atoms with Crippen molar-refractivity contribution in [2.75, 3.05) is 31.1 Å². The molecule has 3 saturated heterocycles. The summed E-state index contributed by atoms with van der Waals surface area (Å²) in [4.78, 5) is 48.7. The zero-order chi connectivity index (χ0) is 30.3. The Morgan fingerprint density at radius 2 is 1.78 bits per heavy atom. The number of para-hydroxylation sites is 1. The second kappa shape index (κ2) is 11.7. The first-order valence-corrected chi connectivity index (χ1v) is 14.9. The third kappa shape index (κ3) is 4.83. The Labute approximate surface area is 245 Å². The maximum Gasteiger partial charge on any atom is 0.253 e. The minimum Gasteiger partial charge on any atom is -0.394 e. The van der Waals surface area contributed by atoms with Crippen molar-refractivity contribution in [1.82, 2.24) is 9.80 Å². The Hall–Kier alpha value is -2.97. The van der Waals surface area contributed by atoms with Gasteiger partial charge in [0.2, 0.25) is 11.8 Å². The lowest BCUT2D eigenvalue weighted by atomic mass is 9.66. The second-order valence-electron chi connectivity index (χ2n) is 12.5. The van der Waals surface area contributed by atoms with E-state index in [2.05, 4.69) is 13.2 Å². The quantitative estimate of drug-likeness (QED) is 0.387. The number of nitrogens with zero attached hydrogens (tertiary/aromatic N) is 3. The van der Waals surface area contributed by atoms with E-state index < -0.39 is 35.1 Å². The molecule has 2 unspecified atom stereocenters. The van der Waals surface area contributed by atoms with Crippen LogP contribution in [-0.2, 0) is 19.1 Å². The zero-order valence-electron chi connectivity index (χ0n) is 25.6. The third-order valence-electron chi connectivity index (χ3n) is 9.47. The molecule has 1 aromatic carbocycles. The Morgan fingerprint density at radius 1 is 1.15 bits per heavy atom. The summed E-state index contributed by atoms with van der Waals surface area (Å²) >= 11 is 0. The molecule has 1 N–H and O–H groups in total. The largest absolute Gasteiger partial charge is 0.394 e. The highest BCUT2D eigenvalue weighted by Crippen LogP contribution is 2.64. The highest BCUT2D eigenvalue weighted by atomic mass is 16.5. The van der Waals surface area contributed by atoms with Gasteiger partial charge in [0.1, 0.15) is 11.6 Å². The van der Waals surface area contributed by atoms with Crippen LogP contribution < -0.4 is 4.90 Å². The van der Waals surface area contributed by atoms with Gasteiger partial charge in [-0.05, 0) is 57.1 Å². The zero-order valence-corrected chi connectivity index (χ0v) is 25.6. The summed E-state index contributed by atoms with van der Waals surface area (Å²) in [5.74, 6) is -2.36. The molecule has 1 aromatic rings. The first-order valence-electron chi connectivity index (χ1n) is 14.9. The van der Waals surface area contributed by atoms with E-state index in [0.29, 0.717) is 25.9 Å². The van der Waals surface area contributed by atoms with Crippen molar-refractivity contribution >= 4 is 23.4 Å². The Morgan fingerprint density at radius 3 is 2.32 bits per heavy atom. The summed E-state index contributed by atoms with van der Waals surface area (Å²) in [5, 5.41) is 10.5. The lowest BCUT2D eigenvalue weighted by Gasteiger charge is -2.41. The summed E-state index contributed by atoms with van der Waals surface area (Å²) < 4.78 is 6.85. The number of benzene rings is 1. The van der Waals surface area contributed by atoms with Crippen LogP contribution in [0.5, 0.6) is 0 Å². The Kier molecular flexibility index (Phi) is 8.86. The van der Waals surface area contributed by atoms with Gasteiger partial charge in [0.25, 0.3) is 5.91 Å². The number of hydrogen-bond donors (Lipinski definition) is 1. The van der Waals surface area contributed by atoms with Gasteiger partial charge in [-0.1, -0.05) is 51.1 Å². The molecule has 1 spiro atoms. The van der Waals surface area contributed by atoms with Crippen LogP contribution in [-0.4, -0.2) is 82.2 Å². The topological polar surface area (TPSA) is 90.4 Å². The summed E-state index contributed by atoms with van der Waals surface area (Å²) in [6.45, 7) is 20.3. The van der Waals surface area contributed by atoms with E-state index in [-0.39, 0.29) is 36.8 Å². The maximum atomic E-state index is 14.9. The number of aryl methyl sites for hydroxylation is 2. The third-order valence-corrected chi connectivity index (χ3v) is 9.47. The summed E-state index contributed by atoms with van der Waals surface area (Å²) in [7, 11) is 0. The molecule has 0 radical (unpaired) electrons. The van der Waals surface area contributed by atoms with Crippen molar-refractivity contribution in [2.24, 2.45) is 17.8 Å². The van der Waals surface area contributed by atoms with Crippen LogP contribution in [0, 0.1) is 31.6 Å². The number of fused-ring (bicyclic) bond motifs is 1. The van der Waals surface area contributed by atoms with Gasteiger partial charge in [-0.25, -0.2) is 0 Å². The maximum absolute atomic E-state index is 14.9. The van der Waals surface area contributed by atoms with Crippen LogP contribution in [0.4, 0.5) is 5.69 Å². The fourth-order valence-electron chi connectivity index (χ4n) is 7.71. The van der Waals surface area contributed by atoms with E-state index in [4.69, 9.17) is 4.74 Å². The van der Waals surface area contributed by atoms with Gasteiger partial charge in [-0.15, -0.1) is 13.2 Å². The van der Waals surface area contributed by atoms with Crippen molar-refractivity contribution in [2.45, 2.75) is 84.1 Å². The van der Waals surface area contributed by atoms with E-state index >= 15 is 0 Å². The molecule has 6 atom stereocenters. The van der Waals surface area contributed by atoms with Crippen LogP contribution in [0.15, 0.2) is 43.5 Å². The Balaban J connectivity index is 1.89. The molecule has 3 amide bonds. The molecule has 0 aliphatic carbocycles. The minimum absolute atomic E-state index is 0.123. The molecule has 8 heteroatoms. The molecule has 3 heterocycles. The van der Waals surface area contributed by atoms with Gasteiger partial charge in [-0.3, -0.25) is 14.4 Å². The van der Waals surface area contributed by atoms with Crippen molar-refractivity contribution in [1.29, 1.82) is 0 Å². The van der Waals surface area contributed by atoms with Gasteiger partial charge in [0.05, 0.1) is 30.1 Å². The van der Waals surface area contributed by atoms with Crippen molar-refractivity contribution in [3.8, 4) is 0 Å². The molecule has 8 nitrogen and oxygen atoms in total. The first-order chi connectivity index (χ1) is 19.4. The van der Waals surface area contributed by atoms with E-state index in [1.165, 1.54) is 0 Å². The molecule has 0 saturated carbocycles. The molecule has 2 bridgehead atoms. The molecular formula is C33H47N3O5. The summed E-state index contributed by atoms with van der Waals surface area (Å²) in [6, 6.07) is 4.28. The highest BCUT2D eigenvalue weighted by molar-refractivity contribution is 6.06. The predicted octanol–water partition coefficient (Wildman–Crippen LogP) is 4.03. The molecule has 4 rings (SSSR count). The van der Waals surface area contributed by atoms with Crippen LogP contribution in [0.3, 0.4) is 0 Å². The lowest BCUT2D eigenvalue weighted by molar-refractivity contribution is -0.152. The molecule has 224 valence electrons. The van der Waals surface area contributed by atoms with Crippen molar-refractivity contribution in [3.05, 3.63) is 54.6 Å². The predicted molar refractivity (Wildman–Crippen MR) is 160 cm³/mol. The smallest absolute Gasteiger partial charge is 0.253 e. The van der Waals surface area contributed by atoms with Gasteiger partial charge in [0, 0.05) is 25.3 Å². The number of aliphatic hydroxyl groups excluding tert-OH is 1. The molecular weight excluding hydrogens is 518 g/mol. The van der Waals surface area contributed by atoms with Crippen LogP contribution >= 0.6 is 0 Å². The number of ether oxygens (including phenoxy) is 1. The number of anilines is 1. The van der Waals surface area contributed by atoms with Crippen molar-refractivity contribution in [3.63, 3.8) is 0 Å². The van der Waals surface area contributed by atoms with E-state index in [9.17, 15) is 19.5 Å². The van der Waals surface area contributed by atoms with Crippen molar-refractivity contribution < 1.29 is 24.2 Å². The molecule has 3 aliphatic heterocycles. The number of carbonyl (C=O) groups is 3. The van der Waals surface area contributed by atoms with Crippen LogP contribution in [0.25, 0.3) is 0 Å². The van der Waals surface area contributed by atoms with Crippen LogP contribution in [0.2, 0.25) is 0 Å². The first kappa shape index (κ1) is 31.0. The fraction of sp³-hybridized carbons (Fsp3) is 0.606. The average Bonchev–Trinajstić information content (AvgIpc) is 3.48. The molecule has 3 aliphatic rings. The monoisotopic (exact) mass is 565 g/mol. The molecule has 0 aromatic heterocycles. The van der Waals surface area contributed by atoms with E-state index in [0.717, 1.165) is 23.2 Å². The molecule has 3 fully saturated rings. The number of carbonyl (C=O) groups excluding carboxylic acids is 3. The number of amides is 3. The minimum atomic E-state index is -1.17. The standard InChI is InChI=1S/C33H47N3O5/c1-9-17-34(18-10-2)29(38)25-26-30(39)36(24(20-37)21(4)5)28(33(26)16-15-32(25,8)41-33)31(40)35(19-11-3)27-22(6)13-12-14-23(27)7/h9,11-14,21,24-26,28,37H,1,3,10,15-20H2,2,4-8H3/t24-,25-,26-,28?,32+,33?/m0/s1. The number of aliphatic hydroxyl groups is 1. The average molecular weight is 566 g/mol. The summed E-state index contributed by atoms with van der Waals surface area (Å²) in [6.07, 6.45) is 5.20. The highest BCUT2D eigenvalue weighted by Gasteiger charge is 2.79.